The van der Waals surface area contributed by atoms with Gasteiger partial charge in [0.05, 0.1) is 24.3 Å². The number of carbonyl (C=O) groups excluding carboxylic acids is 4. The molecule has 0 fully saturated rings. The first kappa shape index (κ1) is 28.1. The van der Waals surface area contributed by atoms with Crippen LogP contribution in [0.5, 0.6) is 0 Å². The van der Waals surface area contributed by atoms with Crippen LogP contribution >= 0.6 is 0 Å². The van der Waals surface area contributed by atoms with E-state index in [1.807, 2.05) is 27.7 Å². The summed E-state index contributed by atoms with van der Waals surface area (Å²) >= 11 is 0. The highest BCUT2D eigenvalue weighted by atomic mass is 16.5. The number of nitrogens with one attached hydrogen (secondary N) is 2. The summed E-state index contributed by atoms with van der Waals surface area (Å²) in [6, 6.07) is 19.1. The van der Waals surface area contributed by atoms with Gasteiger partial charge in [0.2, 0.25) is 0 Å². The molecule has 2 N–H and O–H groups in total. The molecule has 0 saturated carbocycles. The number of hydrogen-bond donors (Lipinski definition) is 2. The zero-order valence-corrected chi connectivity index (χ0v) is 21.9. The van der Waals surface area contributed by atoms with Gasteiger partial charge in [-0.15, -0.1) is 0 Å². The number of amides is 2. The van der Waals surface area contributed by atoms with Crippen LogP contribution in [-0.2, 0) is 9.47 Å². The lowest BCUT2D eigenvalue weighted by molar-refractivity contribution is 0.0450. The molecule has 0 heterocycles. The van der Waals surface area contributed by atoms with Gasteiger partial charge in [0, 0.05) is 22.5 Å². The Bertz CT molecular complexity index is 1180. The molecule has 38 heavy (non-hydrogen) atoms. The van der Waals surface area contributed by atoms with E-state index in [4.69, 9.17) is 9.47 Å². The van der Waals surface area contributed by atoms with Crippen molar-refractivity contribution in [3.63, 3.8) is 0 Å². The number of benzene rings is 3. The summed E-state index contributed by atoms with van der Waals surface area (Å²) in [6.07, 6.45) is 0. The Hall–Kier alpha value is -4.46. The van der Waals surface area contributed by atoms with Gasteiger partial charge in [0.1, 0.15) is 0 Å². The summed E-state index contributed by atoms with van der Waals surface area (Å²) in [5.74, 6) is -1.17. The molecule has 8 heteroatoms. The van der Waals surface area contributed by atoms with Crippen molar-refractivity contribution in [1.82, 2.24) is 0 Å². The second-order valence-electron chi connectivity index (χ2n) is 9.63. The van der Waals surface area contributed by atoms with Gasteiger partial charge in [-0.1, -0.05) is 33.8 Å². The van der Waals surface area contributed by atoms with E-state index >= 15 is 0 Å². The Morgan fingerprint density at radius 1 is 0.579 bits per heavy atom. The molecule has 0 unspecified atom stereocenters. The molecule has 3 aromatic carbocycles. The quantitative estimate of drug-likeness (QED) is 0.329. The van der Waals surface area contributed by atoms with Crippen molar-refractivity contribution in [2.45, 2.75) is 27.7 Å². The molecule has 0 aliphatic carbocycles. The monoisotopic (exact) mass is 516 g/mol. The van der Waals surface area contributed by atoms with Gasteiger partial charge < -0.3 is 20.1 Å². The zero-order chi connectivity index (χ0) is 27.7. The van der Waals surface area contributed by atoms with Crippen molar-refractivity contribution in [2.75, 3.05) is 23.8 Å². The van der Waals surface area contributed by atoms with E-state index in [0.717, 1.165) is 0 Å². The fraction of sp³-hybridized carbons (Fsp3) is 0.267. The van der Waals surface area contributed by atoms with Crippen LogP contribution in [0.4, 0.5) is 11.4 Å². The Morgan fingerprint density at radius 3 is 1.29 bits per heavy atom. The molecule has 0 saturated heterocycles. The molecular formula is C30H32N2O6. The van der Waals surface area contributed by atoms with Gasteiger partial charge in [0.15, 0.2) is 0 Å². The fourth-order valence-corrected chi connectivity index (χ4v) is 3.24. The third kappa shape index (κ3) is 8.30. The Balaban J connectivity index is 1.59. The Morgan fingerprint density at radius 2 is 0.947 bits per heavy atom. The smallest absolute Gasteiger partial charge is 0.338 e. The van der Waals surface area contributed by atoms with Crippen LogP contribution in [0.1, 0.15) is 69.1 Å². The third-order valence-electron chi connectivity index (χ3n) is 5.24. The van der Waals surface area contributed by atoms with Crippen molar-refractivity contribution in [1.29, 1.82) is 0 Å². The summed E-state index contributed by atoms with van der Waals surface area (Å²) < 4.78 is 10.4. The minimum Gasteiger partial charge on any atom is -0.462 e. The summed E-state index contributed by atoms with van der Waals surface area (Å²) in [5, 5.41) is 5.52. The van der Waals surface area contributed by atoms with E-state index in [2.05, 4.69) is 10.6 Å². The standard InChI is InChI=1S/C30H32N2O6/c1-19(2)17-37-29(35)21-8-12-25(13-9-21)31-27(33)23-6-5-7-24(16-23)28(34)32-26-14-10-22(11-15-26)30(36)38-18-20(3)4/h5-16,19-20H,17-18H2,1-4H3,(H,31,33)(H,32,34). The zero-order valence-electron chi connectivity index (χ0n) is 21.9. The second kappa shape index (κ2) is 13.2. The molecule has 0 radical (unpaired) electrons. The van der Waals surface area contributed by atoms with E-state index in [1.54, 1.807) is 66.7 Å². The van der Waals surface area contributed by atoms with Crippen LogP contribution < -0.4 is 10.6 Å². The minimum absolute atomic E-state index is 0.237. The summed E-state index contributed by atoms with van der Waals surface area (Å²) in [7, 11) is 0. The summed E-state index contributed by atoms with van der Waals surface area (Å²) in [6.45, 7) is 8.48. The van der Waals surface area contributed by atoms with Gasteiger partial charge in [-0.05, 0) is 78.6 Å². The maximum Gasteiger partial charge on any atom is 0.338 e. The highest BCUT2D eigenvalue weighted by Gasteiger charge is 2.14. The molecule has 3 aromatic rings. The largest absolute Gasteiger partial charge is 0.462 e. The van der Waals surface area contributed by atoms with Crippen molar-refractivity contribution >= 4 is 35.1 Å². The van der Waals surface area contributed by atoms with Crippen LogP contribution in [0.15, 0.2) is 72.8 Å². The SMILES string of the molecule is CC(C)COC(=O)c1ccc(NC(=O)c2cccc(C(=O)Nc3ccc(C(=O)OCC(C)C)cc3)c2)cc1. The first-order valence-corrected chi connectivity index (χ1v) is 12.4. The third-order valence-corrected chi connectivity index (χ3v) is 5.24. The molecule has 0 aromatic heterocycles. The van der Waals surface area contributed by atoms with E-state index in [9.17, 15) is 19.2 Å². The average molecular weight is 517 g/mol. The highest BCUT2D eigenvalue weighted by Crippen LogP contribution is 2.16. The number of anilines is 2. The lowest BCUT2D eigenvalue weighted by Gasteiger charge is -2.10. The highest BCUT2D eigenvalue weighted by molar-refractivity contribution is 6.09. The van der Waals surface area contributed by atoms with Crippen molar-refractivity contribution in [3.8, 4) is 0 Å². The first-order valence-electron chi connectivity index (χ1n) is 12.4. The minimum atomic E-state index is -0.420. The van der Waals surface area contributed by atoms with Gasteiger partial charge in [-0.2, -0.15) is 0 Å². The topological polar surface area (TPSA) is 111 Å². The molecule has 0 aliphatic rings. The predicted octanol–water partition coefficient (Wildman–Crippen LogP) is 5.82. The van der Waals surface area contributed by atoms with Crippen LogP contribution in [-0.4, -0.2) is 37.0 Å². The van der Waals surface area contributed by atoms with Crippen LogP contribution in [0.3, 0.4) is 0 Å². The predicted molar refractivity (Wildman–Crippen MR) is 145 cm³/mol. The molecule has 8 nitrogen and oxygen atoms in total. The fourth-order valence-electron chi connectivity index (χ4n) is 3.24. The van der Waals surface area contributed by atoms with Crippen molar-refractivity contribution in [2.24, 2.45) is 11.8 Å². The number of carbonyl (C=O) groups is 4. The second-order valence-corrected chi connectivity index (χ2v) is 9.63. The van der Waals surface area contributed by atoms with E-state index < -0.39 is 23.8 Å². The molecule has 0 spiro atoms. The Kier molecular flexibility index (Phi) is 9.76. The maximum atomic E-state index is 12.8. The normalized spacial score (nSPS) is 10.7. The van der Waals surface area contributed by atoms with E-state index in [-0.39, 0.29) is 11.8 Å². The molecular weight excluding hydrogens is 484 g/mol. The van der Waals surface area contributed by atoms with Gasteiger partial charge in [0.25, 0.3) is 11.8 Å². The van der Waals surface area contributed by atoms with Crippen LogP contribution in [0.25, 0.3) is 0 Å². The summed E-state index contributed by atoms with van der Waals surface area (Å²) in [4.78, 5) is 49.7. The number of esters is 2. The molecule has 0 aliphatic heterocycles. The number of hydrogen-bond acceptors (Lipinski definition) is 6. The van der Waals surface area contributed by atoms with Crippen LogP contribution in [0, 0.1) is 11.8 Å². The summed E-state index contributed by atoms with van der Waals surface area (Å²) in [5.41, 5.74) is 2.36. The van der Waals surface area contributed by atoms with Gasteiger partial charge in [-0.3, -0.25) is 9.59 Å². The number of ether oxygens (including phenoxy) is 2. The van der Waals surface area contributed by atoms with Gasteiger partial charge in [-0.25, -0.2) is 9.59 Å². The van der Waals surface area contributed by atoms with Crippen molar-refractivity contribution in [3.05, 3.63) is 95.1 Å². The average Bonchev–Trinajstić information content (AvgIpc) is 2.91. The molecule has 2 amide bonds. The van der Waals surface area contributed by atoms with Crippen LogP contribution in [0.2, 0.25) is 0 Å². The van der Waals surface area contributed by atoms with E-state index in [1.165, 1.54) is 6.07 Å². The lowest BCUT2D eigenvalue weighted by atomic mass is 10.1. The molecule has 0 bridgehead atoms. The molecule has 198 valence electrons. The molecule has 0 atom stereocenters. The van der Waals surface area contributed by atoms with Crippen molar-refractivity contribution < 1.29 is 28.7 Å². The lowest BCUT2D eigenvalue weighted by Crippen LogP contribution is -2.16. The Labute approximate surface area is 222 Å². The van der Waals surface area contributed by atoms with Gasteiger partial charge >= 0.3 is 11.9 Å². The first-order chi connectivity index (χ1) is 18.1. The number of rotatable bonds is 10. The molecule has 3 rings (SSSR count). The van der Waals surface area contributed by atoms with E-state index in [0.29, 0.717) is 46.8 Å². The maximum absolute atomic E-state index is 12.8.